The van der Waals surface area contributed by atoms with Crippen LogP contribution < -0.4 is 5.73 Å². The predicted molar refractivity (Wildman–Crippen MR) is 92.0 cm³/mol. The van der Waals surface area contributed by atoms with E-state index in [1.807, 2.05) is 48.5 Å². The van der Waals surface area contributed by atoms with Gasteiger partial charge in [-0.05, 0) is 52.4 Å². The van der Waals surface area contributed by atoms with Crippen LogP contribution in [0.15, 0.2) is 48.5 Å². The Morgan fingerprint density at radius 1 is 1.05 bits per heavy atom. The lowest BCUT2D eigenvalue weighted by atomic mass is 10.1. The topological polar surface area (TPSA) is 67.6 Å². The lowest BCUT2D eigenvalue weighted by Crippen LogP contribution is -2.13. The van der Waals surface area contributed by atoms with Crippen molar-refractivity contribution in [2.75, 3.05) is 0 Å². The molecule has 0 aliphatic heterocycles. The van der Waals surface area contributed by atoms with Gasteiger partial charge >= 0.3 is 0 Å². The molecule has 0 radical (unpaired) electrons. The van der Waals surface area contributed by atoms with Crippen molar-refractivity contribution in [2.45, 2.75) is 6.04 Å². The van der Waals surface area contributed by atoms with E-state index in [1.165, 1.54) is 3.57 Å². The van der Waals surface area contributed by atoms with Gasteiger partial charge in [0.25, 0.3) is 0 Å². The first-order valence-corrected chi connectivity index (χ1v) is 7.78. The van der Waals surface area contributed by atoms with E-state index in [0.717, 1.165) is 11.1 Å². The SMILES string of the molecule is N[C@@H](c1ccc(Cl)cc1)c1nc(-c2ccc(I)cc2)n[nH]1. The van der Waals surface area contributed by atoms with Crippen molar-refractivity contribution in [1.82, 2.24) is 15.2 Å². The van der Waals surface area contributed by atoms with Gasteiger partial charge in [-0.1, -0.05) is 35.9 Å². The number of benzene rings is 2. The van der Waals surface area contributed by atoms with Crippen molar-refractivity contribution >= 4 is 34.2 Å². The maximum atomic E-state index is 6.20. The molecular weight excluding hydrogens is 399 g/mol. The number of hydrogen-bond donors (Lipinski definition) is 2. The summed E-state index contributed by atoms with van der Waals surface area (Å²) in [4.78, 5) is 4.48. The van der Waals surface area contributed by atoms with E-state index in [2.05, 4.69) is 37.8 Å². The second kappa shape index (κ2) is 6.13. The van der Waals surface area contributed by atoms with Crippen LogP contribution in [0.4, 0.5) is 0 Å². The predicted octanol–water partition coefficient (Wildman–Crippen LogP) is 3.78. The number of nitrogens with one attached hydrogen (secondary N) is 1. The maximum Gasteiger partial charge on any atom is 0.181 e. The smallest absolute Gasteiger partial charge is 0.181 e. The number of aromatic amines is 1. The van der Waals surface area contributed by atoms with E-state index in [1.54, 1.807) is 0 Å². The van der Waals surface area contributed by atoms with Gasteiger partial charge in [-0.15, -0.1) is 0 Å². The Bertz CT molecular complexity index is 737. The van der Waals surface area contributed by atoms with E-state index in [9.17, 15) is 0 Å². The summed E-state index contributed by atoms with van der Waals surface area (Å²) >= 11 is 8.14. The molecule has 0 amide bonds. The molecule has 0 saturated heterocycles. The van der Waals surface area contributed by atoms with Crippen LogP contribution in [0.3, 0.4) is 0 Å². The van der Waals surface area contributed by atoms with Crippen molar-refractivity contribution in [3.05, 3.63) is 68.5 Å². The quantitative estimate of drug-likeness (QED) is 0.646. The molecule has 3 aromatic rings. The van der Waals surface area contributed by atoms with Crippen LogP contribution in [0, 0.1) is 3.57 Å². The van der Waals surface area contributed by atoms with Crippen LogP contribution in [0.1, 0.15) is 17.4 Å². The molecule has 0 aliphatic rings. The Kier molecular flexibility index (Phi) is 4.23. The normalized spacial score (nSPS) is 12.3. The molecule has 106 valence electrons. The van der Waals surface area contributed by atoms with Crippen molar-refractivity contribution in [1.29, 1.82) is 0 Å². The molecule has 0 saturated carbocycles. The fourth-order valence-corrected chi connectivity index (χ4v) is 2.46. The van der Waals surface area contributed by atoms with E-state index in [0.29, 0.717) is 16.7 Å². The highest BCUT2D eigenvalue weighted by atomic mass is 127. The largest absolute Gasteiger partial charge is 0.318 e. The minimum absolute atomic E-state index is 0.354. The Morgan fingerprint density at radius 3 is 2.38 bits per heavy atom. The molecule has 0 spiro atoms. The number of nitrogens with zero attached hydrogens (tertiary/aromatic N) is 2. The van der Waals surface area contributed by atoms with Crippen LogP contribution in [-0.4, -0.2) is 15.2 Å². The first-order chi connectivity index (χ1) is 10.1. The molecule has 4 nitrogen and oxygen atoms in total. The average molecular weight is 411 g/mol. The van der Waals surface area contributed by atoms with Crippen LogP contribution in [0.2, 0.25) is 5.02 Å². The highest BCUT2D eigenvalue weighted by Gasteiger charge is 2.14. The highest BCUT2D eigenvalue weighted by molar-refractivity contribution is 14.1. The molecule has 2 aromatic carbocycles. The van der Waals surface area contributed by atoms with Crippen LogP contribution in [0.25, 0.3) is 11.4 Å². The minimum atomic E-state index is -0.354. The minimum Gasteiger partial charge on any atom is -0.318 e. The van der Waals surface area contributed by atoms with Gasteiger partial charge in [0.2, 0.25) is 0 Å². The molecule has 0 aliphatic carbocycles. The van der Waals surface area contributed by atoms with Gasteiger partial charge in [-0.3, -0.25) is 5.10 Å². The second-order valence-electron chi connectivity index (χ2n) is 4.58. The summed E-state index contributed by atoms with van der Waals surface area (Å²) in [6, 6.07) is 15.1. The molecule has 3 N–H and O–H groups in total. The molecule has 1 aromatic heterocycles. The third-order valence-corrected chi connectivity index (χ3v) is 4.10. The Hall–Kier alpha value is -1.44. The van der Waals surface area contributed by atoms with E-state index < -0.39 is 0 Å². The van der Waals surface area contributed by atoms with E-state index in [-0.39, 0.29) is 6.04 Å². The van der Waals surface area contributed by atoms with Crippen LogP contribution in [0.5, 0.6) is 0 Å². The van der Waals surface area contributed by atoms with Crippen molar-refractivity contribution < 1.29 is 0 Å². The molecule has 21 heavy (non-hydrogen) atoms. The fourth-order valence-electron chi connectivity index (χ4n) is 1.97. The molecule has 0 unspecified atom stereocenters. The fraction of sp³-hybridized carbons (Fsp3) is 0.0667. The summed E-state index contributed by atoms with van der Waals surface area (Å²) in [5.41, 5.74) is 8.10. The molecule has 3 rings (SSSR count). The standard InChI is InChI=1S/C15H12ClIN4/c16-11-5-1-9(2-6-11)13(18)15-19-14(20-21-15)10-3-7-12(17)8-4-10/h1-8,13H,18H2,(H,19,20,21)/t13-/m0/s1. The first-order valence-electron chi connectivity index (χ1n) is 6.33. The number of hydrogen-bond acceptors (Lipinski definition) is 3. The number of nitrogens with two attached hydrogens (primary N) is 1. The van der Waals surface area contributed by atoms with Crippen molar-refractivity contribution in [2.24, 2.45) is 5.73 Å². The number of rotatable bonds is 3. The summed E-state index contributed by atoms with van der Waals surface area (Å²) in [6.07, 6.45) is 0. The zero-order chi connectivity index (χ0) is 14.8. The highest BCUT2D eigenvalue weighted by Crippen LogP contribution is 2.22. The zero-order valence-electron chi connectivity index (χ0n) is 10.9. The first kappa shape index (κ1) is 14.5. The Balaban J connectivity index is 1.87. The monoisotopic (exact) mass is 410 g/mol. The van der Waals surface area contributed by atoms with Crippen molar-refractivity contribution in [3.8, 4) is 11.4 Å². The molecular formula is C15H12ClIN4. The van der Waals surface area contributed by atoms with Gasteiger partial charge < -0.3 is 5.73 Å². The number of halogens is 2. The summed E-state index contributed by atoms with van der Waals surface area (Å²) in [5.74, 6) is 1.27. The van der Waals surface area contributed by atoms with Gasteiger partial charge in [0.1, 0.15) is 5.82 Å². The van der Waals surface area contributed by atoms with E-state index in [4.69, 9.17) is 17.3 Å². The van der Waals surface area contributed by atoms with E-state index >= 15 is 0 Å². The molecule has 1 atom stereocenters. The summed E-state index contributed by atoms with van der Waals surface area (Å²) in [7, 11) is 0. The van der Waals surface area contributed by atoms with Gasteiger partial charge in [0.05, 0.1) is 6.04 Å². The lowest BCUT2D eigenvalue weighted by molar-refractivity contribution is 0.787. The van der Waals surface area contributed by atoms with Gasteiger partial charge in [-0.2, -0.15) is 5.10 Å². The third kappa shape index (κ3) is 3.25. The molecule has 6 heteroatoms. The summed E-state index contributed by atoms with van der Waals surface area (Å²) in [5, 5.41) is 7.83. The third-order valence-electron chi connectivity index (χ3n) is 3.13. The Morgan fingerprint density at radius 2 is 1.71 bits per heavy atom. The van der Waals surface area contributed by atoms with Crippen LogP contribution >= 0.6 is 34.2 Å². The Labute approximate surface area is 140 Å². The zero-order valence-corrected chi connectivity index (χ0v) is 13.8. The average Bonchev–Trinajstić information content (AvgIpc) is 2.98. The number of H-pyrrole nitrogens is 1. The van der Waals surface area contributed by atoms with Gasteiger partial charge in [0, 0.05) is 14.2 Å². The summed E-state index contributed by atoms with van der Waals surface area (Å²) in [6.45, 7) is 0. The lowest BCUT2D eigenvalue weighted by Gasteiger charge is -2.08. The number of aromatic nitrogens is 3. The van der Waals surface area contributed by atoms with Crippen LogP contribution in [-0.2, 0) is 0 Å². The maximum absolute atomic E-state index is 6.20. The summed E-state index contributed by atoms with van der Waals surface area (Å²) < 4.78 is 1.17. The molecule has 1 heterocycles. The second-order valence-corrected chi connectivity index (χ2v) is 6.26. The van der Waals surface area contributed by atoms with Gasteiger partial charge in [-0.25, -0.2) is 4.98 Å². The molecule has 0 fully saturated rings. The van der Waals surface area contributed by atoms with Gasteiger partial charge in [0.15, 0.2) is 5.82 Å². The van der Waals surface area contributed by atoms with Crippen molar-refractivity contribution in [3.63, 3.8) is 0 Å². The molecule has 0 bridgehead atoms.